The van der Waals surface area contributed by atoms with Gasteiger partial charge in [-0.2, -0.15) is 4.98 Å². The molecule has 1 aliphatic heterocycles. The normalized spacial score (nSPS) is 14.7. The van der Waals surface area contributed by atoms with E-state index >= 15 is 0 Å². The Balaban J connectivity index is 1.41. The second kappa shape index (κ2) is 5.55. The molecule has 1 aliphatic rings. The zero-order chi connectivity index (χ0) is 15.8. The van der Waals surface area contributed by atoms with Gasteiger partial charge in [-0.1, -0.05) is 16.8 Å². The van der Waals surface area contributed by atoms with E-state index in [1.165, 1.54) is 0 Å². The van der Waals surface area contributed by atoms with Crippen LogP contribution in [0.1, 0.15) is 22.2 Å². The summed E-state index contributed by atoms with van der Waals surface area (Å²) in [6.45, 7) is 1.11. The maximum Gasteiger partial charge on any atom is 0.253 e. The molecule has 1 saturated heterocycles. The fourth-order valence-corrected chi connectivity index (χ4v) is 2.61. The average Bonchev–Trinajstić information content (AvgIpc) is 3.17. The Bertz CT molecular complexity index is 821. The van der Waals surface area contributed by atoms with Gasteiger partial charge in [-0.25, -0.2) is 0 Å². The van der Waals surface area contributed by atoms with E-state index in [1.807, 2.05) is 0 Å². The standard InChI is InChI=1S/C16H12ClN3O3/c17-12-5-3-10(4-6-12)16(21)20-8-11(9-20)15-18-14(19-23-15)13-2-1-7-22-13/h1-7,11H,8-9H2. The SMILES string of the molecule is O=C(c1ccc(Cl)cc1)N1CC(c2nc(-c3ccco3)no2)C1. The van der Waals surface area contributed by atoms with Crippen LogP contribution in [0, 0.1) is 0 Å². The van der Waals surface area contributed by atoms with E-state index in [1.54, 1.807) is 47.6 Å². The number of carbonyl (C=O) groups excluding carboxylic acids is 1. The molecule has 1 aromatic carbocycles. The fraction of sp³-hybridized carbons (Fsp3) is 0.188. The van der Waals surface area contributed by atoms with Gasteiger partial charge >= 0.3 is 0 Å². The summed E-state index contributed by atoms with van der Waals surface area (Å²) in [5, 5.41) is 4.51. The molecule has 0 bridgehead atoms. The van der Waals surface area contributed by atoms with Gasteiger partial charge in [-0.05, 0) is 36.4 Å². The molecule has 0 N–H and O–H groups in total. The lowest BCUT2D eigenvalue weighted by molar-refractivity contribution is 0.0569. The molecule has 0 saturated carbocycles. The molecular weight excluding hydrogens is 318 g/mol. The monoisotopic (exact) mass is 329 g/mol. The van der Waals surface area contributed by atoms with Crippen molar-refractivity contribution in [1.82, 2.24) is 15.0 Å². The molecule has 23 heavy (non-hydrogen) atoms. The van der Waals surface area contributed by atoms with Gasteiger partial charge in [-0.15, -0.1) is 0 Å². The first-order chi connectivity index (χ1) is 11.2. The van der Waals surface area contributed by atoms with Crippen molar-refractivity contribution >= 4 is 17.5 Å². The molecular formula is C16H12ClN3O3. The fourth-order valence-electron chi connectivity index (χ4n) is 2.48. The predicted molar refractivity (Wildman–Crippen MR) is 82.1 cm³/mol. The van der Waals surface area contributed by atoms with Crippen molar-refractivity contribution < 1.29 is 13.7 Å². The highest BCUT2D eigenvalue weighted by molar-refractivity contribution is 6.30. The molecule has 6 nitrogen and oxygen atoms in total. The number of aromatic nitrogens is 2. The number of likely N-dealkylation sites (tertiary alicyclic amines) is 1. The first-order valence-electron chi connectivity index (χ1n) is 7.13. The Morgan fingerprint density at radius 2 is 2.00 bits per heavy atom. The molecule has 0 radical (unpaired) electrons. The van der Waals surface area contributed by atoms with Crippen molar-refractivity contribution in [3.63, 3.8) is 0 Å². The second-order valence-corrected chi connectivity index (χ2v) is 5.78. The molecule has 7 heteroatoms. The van der Waals surface area contributed by atoms with Crippen LogP contribution in [0.4, 0.5) is 0 Å². The van der Waals surface area contributed by atoms with Crippen LogP contribution in [0.2, 0.25) is 5.02 Å². The largest absolute Gasteiger partial charge is 0.461 e. The average molecular weight is 330 g/mol. The lowest BCUT2D eigenvalue weighted by atomic mass is 9.99. The van der Waals surface area contributed by atoms with Crippen LogP contribution in [0.15, 0.2) is 51.6 Å². The number of hydrogen-bond acceptors (Lipinski definition) is 5. The minimum atomic E-state index is -0.0244. The molecule has 0 spiro atoms. The molecule has 0 unspecified atom stereocenters. The van der Waals surface area contributed by atoms with Crippen molar-refractivity contribution in [3.05, 3.63) is 59.1 Å². The summed E-state index contributed by atoms with van der Waals surface area (Å²) in [5.41, 5.74) is 0.620. The molecule has 3 aromatic rings. The number of nitrogens with zero attached hydrogens (tertiary/aromatic N) is 3. The molecule has 1 amide bonds. The first kappa shape index (κ1) is 14.0. The van der Waals surface area contributed by atoms with Crippen molar-refractivity contribution in [2.45, 2.75) is 5.92 Å². The van der Waals surface area contributed by atoms with Crippen LogP contribution >= 0.6 is 11.6 Å². The Labute approximate surface area is 136 Å². The van der Waals surface area contributed by atoms with Gasteiger partial charge in [-0.3, -0.25) is 4.79 Å². The third kappa shape index (κ3) is 2.61. The molecule has 3 heterocycles. The maximum absolute atomic E-state index is 12.3. The quantitative estimate of drug-likeness (QED) is 0.737. The van der Waals surface area contributed by atoms with E-state index in [9.17, 15) is 4.79 Å². The summed E-state index contributed by atoms with van der Waals surface area (Å²) in [7, 11) is 0. The molecule has 116 valence electrons. The van der Waals surface area contributed by atoms with Crippen LogP contribution in [-0.4, -0.2) is 34.0 Å². The van der Waals surface area contributed by atoms with Gasteiger partial charge in [0.25, 0.3) is 5.91 Å². The van der Waals surface area contributed by atoms with E-state index in [4.69, 9.17) is 20.5 Å². The van der Waals surface area contributed by atoms with Crippen LogP contribution in [0.5, 0.6) is 0 Å². The van der Waals surface area contributed by atoms with E-state index < -0.39 is 0 Å². The van der Waals surface area contributed by atoms with Crippen molar-refractivity contribution in [2.75, 3.05) is 13.1 Å². The minimum absolute atomic E-state index is 0.0244. The van der Waals surface area contributed by atoms with Gasteiger partial charge in [0, 0.05) is 23.7 Å². The highest BCUT2D eigenvalue weighted by Crippen LogP contribution is 2.29. The Morgan fingerprint density at radius 3 is 2.70 bits per heavy atom. The Hall–Kier alpha value is -2.60. The smallest absolute Gasteiger partial charge is 0.253 e. The van der Waals surface area contributed by atoms with Gasteiger partial charge in [0.15, 0.2) is 5.76 Å². The highest BCUT2D eigenvalue weighted by Gasteiger charge is 2.36. The number of rotatable bonds is 3. The number of hydrogen-bond donors (Lipinski definition) is 0. The number of halogens is 1. The summed E-state index contributed by atoms with van der Waals surface area (Å²) in [6.07, 6.45) is 1.56. The predicted octanol–water partition coefficient (Wildman–Crippen LogP) is 3.22. The molecule has 0 aliphatic carbocycles. The maximum atomic E-state index is 12.3. The number of benzene rings is 1. The Morgan fingerprint density at radius 1 is 1.22 bits per heavy atom. The summed E-state index contributed by atoms with van der Waals surface area (Å²) >= 11 is 5.83. The third-order valence-electron chi connectivity index (χ3n) is 3.79. The first-order valence-corrected chi connectivity index (χ1v) is 7.51. The molecule has 1 fully saturated rings. The van der Waals surface area contributed by atoms with Crippen LogP contribution in [0.25, 0.3) is 11.6 Å². The number of carbonyl (C=O) groups is 1. The lowest BCUT2D eigenvalue weighted by Crippen LogP contribution is -2.48. The topological polar surface area (TPSA) is 72.4 Å². The van der Waals surface area contributed by atoms with E-state index in [0.29, 0.717) is 41.2 Å². The molecule has 0 atom stereocenters. The highest BCUT2D eigenvalue weighted by atomic mass is 35.5. The van der Waals surface area contributed by atoms with E-state index in [2.05, 4.69) is 10.1 Å². The van der Waals surface area contributed by atoms with Gasteiger partial charge < -0.3 is 13.8 Å². The second-order valence-electron chi connectivity index (χ2n) is 5.35. The van der Waals surface area contributed by atoms with Crippen molar-refractivity contribution in [2.24, 2.45) is 0 Å². The van der Waals surface area contributed by atoms with E-state index in [-0.39, 0.29) is 11.8 Å². The van der Waals surface area contributed by atoms with Crippen molar-refractivity contribution in [1.29, 1.82) is 0 Å². The minimum Gasteiger partial charge on any atom is -0.461 e. The summed E-state index contributed by atoms with van der Waals surface area (Å²) in [5.74, 6) is 1.55. The zero-order valence-electron chi connectivity index (χ0n) is 12.0. The van der Waals surface area contributed by atoms with Crippen molar-refractivity contribution in [3.8, 4) is 11.6 Å². The summed E-state index contributed by atoms with van der Waals surface area (Å²) in [6, 6.07) is 10.4. The van der Waals surface area contributed by atoms with Crippen LogP contribution < -0.4 is 0 Å². The lowest BCUT2D eigenvalue weighted by Gasteiger charge is -2.37. The van der Waals surface area contributed by atoms with E-state index in [0.717, 1.165) is 0 Å². The van der Waals surface area contributed by atoms with Crippen LogP contribution in [0.3, 0.4) is 0 Å². The zero-order valence-corrected chi connectivity index (χ0v) is 12.7. The third-order valence-corrected chi connectivity index (χ3v) is 4.04. The molecule has 2 aromatic heterocycles. The van der Waals surface area contributed by atoms with Gasteiger partial charge in [0.1, 0.15) is 0 Å². The van der Waals surface area contributed by atoms with Gasteiger partial charge in [0.2, 0.25) is 11.7 Å². The Kier molecular flexibility index (Phi) is 3.38. The number of amides is 1. The summed E-state index contributed by atoms with van der Waals surface area (Å²) < 4.78 is 10.5. The number of furan rings is 1. The molecule has 4 rings (SSSR count). The van der Waals surface area contributed by atoms with Crippen LogP contribution in [-0.2, 0) is 0 Å². The summed E-state index contributed by atoms with van der Waals surface area (Å²) in [4.78, 5) is 18.4. The van der Waals surface area contributed by atoms with Gasteiger partial charge in [0.05, 0.1) is 12.2 Å².